The van der Waals surface area contributed by atoms with E-state index in [-0.39, 0.29) is 11.0 Å². The molecule has 2 aliphatic carbocycles. The first-order valence-electron chi connectivity index (χ1n) is 8.54. The van der Waals surface area contributed by atoms with Gasteiger partial charge in [-0.3, -0.25) is 0 Å². The van der Waals surface area contributed by atoms with Crippen molar-refractivity contribution in [2.24, 2.45) is 23.0 Å². The molecule has 3 heteroatoms. The van der Waals surface area contributed by atoms with E-state index in [9.17, 15) is 0 Å². The molecule has 116 valence electrons. The lowest BCUT2D eigenvalue weighted by Gasteiger charge is -2.63. The number of fused-ring (bicyclic) bond motifs is 1. The second-order valence-corrected chi connectivity index (χ2v) is 8.15. The molecule has 0 aromatic heterocycles. The highest BCUT2D eigenvalue weighted by Crippen LogP contribution is 2.58. The zero-order valence-electron chi connectivity index (χ0n) is 13.5. The molecule has 2 N–H and O–H groups in total. The Balaban J connectivity index is 1.58. The van der Waals surface area contributed by atoms with E-state index >= 15 is 0 Å². The maximum absolute atomic E-state index is 6.85. The van der Waals surface area contributed by atoms with Crippen molar-refractivity contribution in [3.63, 3.8) is 0 Å². The first-order chi connectivity index (χ1) is 9.45. The molecule has 20 heavy (non-hydrogen) atoms. The fourth-order valence-corrected chi connectivity index (χ4v) is 5.12. The van der Waals surface area contributed by atoms with Crippen LogP contribution in [0.5, 0.6) is 0 Å². The lowest BCUT2D eigenvalue weighted by molar-refractivity contribution is -0.162. The summed E-state index contributed by atoms with van der Waals surface area (Å²) >= 11 is 0. The minimum absolute atomic E-state index is 0.0580. The molecule has 0 bridgehead atoms. The highest BCUT2D eigenvalue weighted by Gasteiger charge is 2.67. The maximum Gasteiger partial charge on any atom is 0.0691 e. The fourth-order valence-electron chi connectivity index (χ4n) is 5.12. The largest absolute Gasteiger partial charge is 0.377 e. The van der Waals surface area contributed by atoms with Gasteiger partial charge in [0.15, 0.2) is 0 Å². The molecule has 0 spiro atoms. The normalized spacial score (nSPS) is 40.6. The molecule has 2 saturated carbocycles. The predicted octanol–water partition coefficient (Wildman–Crippen LogP) is 2.64. The van der Waals surface area contributed by atoms with Crippen molar-refractivity contribution in [1.82, 2.24) is 4.90 Å². The van der Waals surface area contributed by atoms with Crippen molar-refractivity contribution in [3.8, 4) is 0 Å². The zero-order chi connectivity index (χ0) is 14.4. The van der Waals surface area contributed by atoms with Gasteiger partial charge in [0.2, 0.25) is 0 Å². The van der Waals surface area contributed by atoms with Gasteiger partial charge in [0.25, 0.3) is 0 Å². The smallest absolute Gasteiger partial charge is 0.0691 e. The quantitative estimate of drug-likeness (QED) is 0.860. The molecular formula is C17H32N2O. The number of rotatable bonds is 4. The van der Waals surface area contributed by atoms with Crippen molar-refractivity contribution < 1.29 is 4.74 Å². The summed E-state index contributed by atoms with van der Waals surface area (Å²) in [6, 6.07) is 0. The van der Waals surface area contributed by atoms with Gasteiger partial charge in [-0.1, -0.05) is 33.1 Å². The lowest BCUT2D eigenvalue weighted by Crippen LogP contribution is -2.78. The third kappa shape index (κ3) is 2.22. The first-order valence-corrected chi connectivity index (χ1v) is 8.54. The van der Waals surface area contributed by atoms with Crippen LogP contribution >= 0.6 is 0 Å². The van der Waals surface area contributed by atoms with E-state index in [2.05, 4.69) is 25.8 Å². The molecule has 1 aliphatic heterocycles. The second-order valence-electron chi connectivity index (χ2n) is 8.15. The van der Waals surface area contributed by atoms with Gasteiger partial charge in [-0.15, -0.1) is 0 Å². The molecule has 1 saturated heterocycles. The molecule has 3 aliphatic rings. The number of ether oxygens (including phenoxy) is 1. The molecular weight excluding hydrogens is 248 g/mol. The Morgan fingerprint density at radius 3 is 2.55 bits per heavy atom. The average molecular weight is 280 g/mol. The molecule has 0 radical (unpaired) electrons. The fraction of sp³-hybridized carbons (Fsp3) is 1.00. The van der Waals surface area contributed by atoms with Crippen molar-refractivity contribution in [3.05, 3.63) is 0 Å². The Morgan fingerprint density at radius 1 is 1.15 bits per heavy atom. The van der Waals surface area contributed by atoms with Crippen LogP contribution in [0, 0.1) is 17.3 Å². The van der Waals surface area contributed by atoms with E-state index in [0.717, 1.165) is 25.5 Å². The number of hydrogen-bond donors (Lipinski definition) is 1. The monoisotopic (exact) mass is 280 g/mol. The summed E-state index contributed by atoms with van der Waals surface area (Å²) in [5, 5.41) is 0. The van der Waals surface area contributed by atoms with Crippen LogP contribution in [0.1, 0.15) is 52.4 Å². The molecule has 3 unspecified atom stereocenters. The van der Waals surface area contributed by atoms with E-state index < -0.39 is 0 Å². The minimum atomic E-state index is -0.0580. The topological polar surface area (TPSA) is 38.5 Å². The number of hydrogen-bond acceptors (Lipinski definition) is 3. The summed E-state index contributed by atoms with van der Waals surface area (Å²) in [6.07, 6.45) is 8.68. The van der Waals surface area contributed by atoms with E-state index in [1.54, 1.807) is 0 Å². The van der Waals surface area contributed by atoms with Crippen LogP contribution in [-0.2, 0) is 4.74 Å². The molecule has 3 atom stereocenters. The predicted molar refractivity (Wildman–Crippen MR) is 82.6 cm³/mol. The Bertz CT molecular complexity index is 351. The van der Waals surface area contributed by atoms with Gasteiger partial charge in [0.1, 0.15) is 0 Å². The number of likely N-dealkylation sites (N-methyl/N-ethyl adjacent to an activating group) is 1. The molecule has 0 aromatic carbocycles. The number of nitrogens with two attached hydrogens (primary N) is 1. The molecule has 3 rings (SSSR count). The summed E-state index contributed by atoms with van der Waals surface area (Å²) in [6.45, 7) is 7.76. The Hall–Kier alpha value is -0.120. The van der Waals surface area contributed by atoms with Gasteiger partial charge in [0, 0.05) is 36.6 Å². The average Bonchev–Trinajstić information content (AvgIpc) is 2.88. The molecule has 3 nitrogen and oxygen atoms in total. The summed E-state index contributed by atoms with van der Waals surface area (Å²) in [7, 11) is 2.27. The van der Waals surface area contributed by atoms with Gasteiger partial charge in [0.05, 0.1) is 6.10 Å². The van der Waals surface area contributed by atoms with Crippen LogP contribution in [0.4, 0.5) is 0 Å². The van der Waals surface area contributed by atoms with Gasteiger partial charge in [-0.05, 0) is 32.2 Å². The van der Waals surface area contributed by atoms with Crippen LogP contribution in [-0.4, -0.2) is 43.3 Å². The van der Waals surface area contributed by atoms with Crippen molar-refractivity contribution >= 4 is 0 Å². The highest BCUT2D eigenvalue weighted by atomic mass is 16.5. The van der Waals surface area contributed by atoms with Crippen LogP contribution in [0.2, 0.25) is 0 Å². The Morgan fingerprint density at radius 2 is 1.85 bits per heavy atom. The first kappa shape index (κ1) is 14.8. The summed E-state index contributed by atoms with van der Waals surface area (Å²) < 4.78 is 5.90. The molecule has 3 fully saturated rings. The van der Waals surface area contributed by atoms with Crippen LogP contribution in [0.15, 0.2) is 0 Å². The van der Waals surface area contributed by atoms with Crippen LogP contribution < -0.4 is 5.73 Å². The van der Waals surface area contributed by atoms with Crippen molar-refractivity contribution in [2.75, 3.05) is 26.7 Å². The van der Waals surface area contributed by atoms with E-state index in [0.29, 0.717) is 12.0 Å². The summed E-state index contributed by atoms with van der Waals surface area (Å²) in [5.74, 6) is 1.47. The molecule has 0 amide bonds. The molecule has 1 heterocycles. The maximum atomic E-state index is 6.85. The zero-order valence-corrected chi connectivity index (χ0v) is 13.5. The summed E-state index contributed by atoms with van der Waals surface area (Å²) in [4.78, 5) is 2.51. The Labute approximate surface area is 124 Å². The summed E-state index contributed by atoms with van der Waals surface area (Å²) in [5.41, 5.74) is 6.91. The van der Waals surface area contributed by atoms with Gasteiger partial charge in [-0.2, -0.15) is 0 Å². The van der Waals surface area contributed by atoms with E-state index in [1.165, 1.54) is 38.6 Å². The van der Waals surface area contributed by atoms with Gasteiger partial charge >= 0.3 is 0 Å². The van der Waals surface area contributed by atoms with Gasteiger partial charge < -0.3 is 15.4 Å². The minimum Gasteiger partial charge on any atom is -0.377 e. The third-order valence-corrected chi connectivity index (χ3v) is 6.49. The van der Waals surface area contributed by atoms with Crippen LogP contribution in [0.25, 0.3) is 0 Å². The van der Waals surface area contributed by atoms with Crippen LogP contribution in [0.3, 0.4) is 0 Å². The standard InChI is InChI=1S/C17H32N2O/c1-16(2)15-14(9-10-20-15)17(16,18)12-19(3)11-13-7-5-4-6-8-13/h13-15H,4-12,18H2,1-3H3. The van der Waals surface area contributed by atoms with E-state index in [1.807, 2.05) is 0 Å². The van der Waals surface area contributed by atoms with Crippen molar-refractivity contribution in [2.45, 2.75) is 64.0 Å². The second kappa shape index (κ2) is 5.26. The SMILES string of the molecule is CN(CC1CCCCC1)CC1(N)C2CCOC2C1(C)C. The Kier molecular flexibility index (Phi) is 3.89. The highest BCUT2D eigenvalue weighted by molar-refractivity contribution is 5.21. The lowest BCUT2D eigenvalue weighted by atomic mass is 9.48. The van der Waals surface area contributed by atoms with E-state index in [4.69, 9.17) is 10.5 Å². The third-order valence-electron chi connectivity index (χ3n) is 6.49. The van der Waals surface area contributed by atoms with Gasteiger partial charge in [-0.25, -0.2) is 0 Å². The molecule has 0 aromatic rings. The van der Waals surface area contributed by atoms with Crippen molar-refractivity contribution in [1.29, 1.82) is 0 Å². The number of nitrogens with zero attached hydrogens (tertiary/aromatic N) is 1.